The third kappa shape index (κ3) is 3.42. The third-order valence-electron chi connectivity index (χ3n) is 4.84. The van der Waals surface area contributed by atoms with Gasteiger partial charge in [-0.3, -0.25) is 4.90 Å². The Morgan fingerprint density at radius 3 is 2.35 bits per heavy atom. The molecule has 4 rings (SSSR count). The second-order valence-corrected chi connectivity index (χ2v) is 8.62. The number of sulfonamides is 1. The molecule has 1 fully saturated rings. The van der Waals surface area contributed by atoms with Gasteiger partial charge >= 0.3 is 0 Å². The maximum absolute atomic E-state index is 12.9. The largest absolute Gasteiger partial charge is 0.454 e. The molecule has 0 atom stereocenters. The minimum absolute atomic E-state index is 0.135. The maximum Gasteiger partial charge on any atom is 0.243 e. The second-order valence-electron chi connectivity index (χ2n) is 6.68. The number of hydrogen-bond acceptors (Lipinski definition) is 5. The monoisotopic (exact) mass is 374 g/mol. The molecule has 2 aromatic carbocycles. The second kappa shape index (κ2) is 6.90. The summed E-state index contributed by atoms with van der Waals surface area (Å²) in [6.07, 6.45) is 0. The van der Waals surface area contributed by atoms with Gasteiger partial charge in [-0.05, 0) is 24.6 Å². The van der Waals surface area contributed by atoms with Crippen LogP contribution in [-0.4, -0.2) is 50.6 Å². The smallest absolute Gasteiger partial charge is 0.243 e. The van der Waals surface area contributed by atoms with Crippen LogP contribution in [0, 0.1) is 6.92 Å². The molecule has 0 amide bonds. The molecule has 0 bridgehead atoms. The predicted molar refractivity (Wildman–Crippen MR) is 97.8 cm³/mol. The molecule has 0 radical (unpaired) electrons. The van der Waals surface area contributed by atoms with Gasteiger partial charge in [0.15, 0.2) is 11.5 Å². The molecule has 0 aliphatic carbocycles. The lowest BCUT2D eigenvalue weighted by molar-refractivity contribution is 0.173. The molecular formula is C19H22N2O4S. The highest BCUT2D eigenvalue weighted by atomic mass is 32.2. The fraction of sp³-hybridized carbons (Fsp3) is 0.368. The summed E-state index contributed by atoms with van der Waals surface area (Å²) in [7, 11) is -3.51. The van der Waals surface area contributed by atoms with Crippen LogP contribution >= 0.6 is 0 Å². The van der Waals surface area contributed by atoms with Crippen LogP contribution in [0.5, 0.6) is 11.5 Å². The first-order valence-electron chi connectivity index (χ1n) is 8.70. The fourth-order valence-corrected chi connectivity index (χ4v) is 4.70. The average Bonchev–Trinajstić information content (AvgIpc) is 3.12. The van der Waals surface area contributed by atoms with Crippen LogP contribution in [0.3, 0.4) is 0 Å². The fourth-order valence-electron chi connectivity index (χ4n) is 3.27. The number of piperazine rings is 1. The minimum atomic E-state index is -3.51. The van der Waals surface area contributed by atoms with E-state index in [1.807, 2.05) is 0 Å². The van der Waals surface area contributed by atoms with E-state index in [2.05, 4.69) is 36.1 Å². The molecule has 0 spiro atoms. The van der Waals surface area contributed by atoms with Crippen LogP contribution in [-0.2, 0) is 16.6 Å². The molecule has 2 heterocycles. The summed E-state index contributed by atoms with van der Waals surface area (Å²) in [5.74, 6) is 1.08. The topological polar surface area (TPSA) is 59.1 Å². The minimum Gasteiger partial charge on any atom is -0.454 e. The van der Waals surface area contributed by atoms with Crippen molar-refractivity contribution in [2.75, 3.05) is 33.0 Å². The molecule has 0 saturated carbocycles. The molecule has 2 aromatic rings. The molecule has 2 aliphatic heterocycles. The van der Waals surface area contributed by atoms with Crippen LogP contribution in [0.25, 0.3) is 0 Å². The van der Waals surface area contributed by atoms with Crippen LogP contribution in [0.4, 0.5) is 0 Å². The Morgan fingerprint density at radius 1 is 0.923 bits per heavy atom. The molecule has 26 heavy (non-hydrogen) atoms. The molecule has 7 heteroatoms. The van der Waals surface area contributed by atoms with Gasteiger partial charge in [0.1, 0.15) is 0 Å². The maximum atomic E-state index is 12.9. The Hall–Kier alpha value is -2.09. The molecular weight excluding hydrogens is 352 g/mol. The molecule has 1 saturated heterocycles. The van der Waals surface area contributed by atoms with Crippen molar-refractivity contribution in [2.45, 2.75) is 18.4 Å². The van der Waals surface area contributed by atoms with Crippen LogP contribution in [0.15, 0.2) is 47.4 Å². The Bertz CT molecular complexity index is 888. The van der Waals surface area contributed by atoms with E-state index >= 15 is 0 Å². The van der Waals surface area contributed by atoms with E-state index in [4.69, 9.17) is 9.47 Å². The van der Waals surface area contributed by atoms with Crippen molar-refractivity contribution >= 4 is 10.0 Å². The lowest BCUT2D eigenvalue weighted by Gasteiger charge is -2.34. The number of nitrogens with zero attached hydrogens (tertiary/aromatic N) is 2. The summed E-state index contributed by atoms with van der Waals surface area (Å²) < 4.78 is 37.9. The standard InChI is InChI=1S/C19H22N2O4S/c1-15-2-4-16(5-3-15)13-20-8-10-21(11-9-20)26(22,23)17-6-7-18-19(12-17)25-14-24-18/h2-7,12H,8-11,13-14H2,1H3. The van der Waals surface area contributed by atoms with Crippen molar-refractivity contribution in [3.8, 4) is 11.5 Å². The van der Waals surface area contributed by atoms with Gasteiger partial charge in [0, 0.05) is 38.8 Å². The Balaban J connectivity index is 1.41. The normalized spacial score (nSPS) is 18.2. The van der Waals surface area contributed by atoms with Gasteiger partial charge < -0.3 is 9.47 Å². The van der Waals surface area contributed by atoms with Crippen molar-refractivity contribution < 1.29 is 17.9 Å². The van der Waals surface area contributed by atoms with Gasteiger partial charge in [0.05, 0.1) is 4.90 Å². The van der Waals surface area contributed by atoms with E-state index in [1.165, 1.54) is 11.1 Å². The summed E-state index contributed by atoms with van der Waals surface area (Å²) >= 11 is 0. The zero-order valence-electron chi connectivity index (χ0n) is 14.7. The highest BCUT2D eigenvalue weighted by Crippen LogP contribution is 2.34. The van der Waals surface area contributed by atoms with E-state index in [9.17, 15) is 8.42 Å². The van der Waals surface area contributed by atoms with Gasteiger partial charge in [-0.15, -0.1) is 0 Å². The van der Waals surface area contributed by atoms with Crippen LogP contribution in [0.2, 0.25) is 0 Å². The first kappa shape index (κ1) is 17.3. The van der Waals surface area contributed by atoms with Crippen LogP contribution < -0.4 is 9.47 Å². The van der Waals surface area contributed by atoms with Gasteiger partial charge in [0.25, 0.3) is 0 Å². The summed E-state index contributed by atoms with van der Waals surface area (Å²) in [5.41, 5.74) is 2.50. The summed E-state index contributed by atoms with van der Waals surface area (Å²) in [4.78, 5) is 2.55. The molecule has 0 unspecified atom stereocenters. The molecule has 0 aromatic heterocycles. The first-order valence-corrected chi connectivity index (χ1v) is 10.1. The Kier molecular flexibility index (Phi) is 4.60. The van der Waals surface area contributed by atoms with E-state index < -0.39 is 10.0 Å². The summed E-state index contributed by atoms with van der Waals surface area (Å²) in [6.45, 7) is 5.47. The SMILES string of the molecule is Cc1ccc(CN2CCN(S(=O)(=O)c3ccc4c(c3)OCO4)CC2)cc1. The predicted octanol–water partition coefficient (Wildman–Crippen LogP) is 2.23. The van der Waals surface area contributed by atoms with Crippen LogP contribution in [0.1, 0.15) is 11.1 Å². The number of hydrogen-bond donors (Lipinski definition) is 0. The van der Waals surface area contributed by atoms with E-state index in [1.54, 1.807) is 22.5 Å². The Morgan fingerprint density at radius 2 is 1.62 bits per heavy atom. The molecule has 0 N–H and O–H groups in total. The average molecular weight is 374 g/mol. The quantitative estimate of drug-likeness (QED) is 0.821. The van der Waals surface area contributed by atoms with Gasteiger partial charge in [0.2, 0.25) is 16.8 Å². The number of ether oxygens (including phenoxy) is 2. The number of aryl methyl sites for hydroxylation is 1. The van der Waals surface area contributed by atoms with E-state index in [-0.39, 0.29) is 11.7 Å². The van der Waals surface area contributed by atoms with Crippen molar-refractivity contribution in [2.24, 2.45) is 0 Å². The molecule has 2 aliphatic rings. The van der Waals surface area contributed by atoms with Gasteiger partial charge in [-0.25, -0.2) is 8.42 Å². The number of rotatable bonds is 4. The lowest BCUT2D eigenvalue weighted by Crippen LogP contribution is -2.48. The summed E-state index contributed by atoms with van der Waals surface area (Å²) in [5, 5.41) is 0. The lowest BCUT2D eigenvalue weighted by atomic mass is 10.1. The van der Waals surface area contributed by atoms with Crippen molar-refractivity contribution in [1.29, 1.82) is 0 Å². The van der Waals surface area contributed by atoms with E-state index in [0.29, 0.717) is 24.6 Å². The first-order chi connectivity index (χ1) is 12.5. The molecule has 138 valence electrons. The Labute approximate surface area is 154 Å². The summed E-state index contributed by atoms with van der Waals surface area (Å²) in [6, 6.07) is 13.3. The zero-order chi connectivity index (χ0) is 18.1. The zero-order valence-corrected chi connectivity index (χ0v) is 15.5. The molecule has 6 nitrogen and oxygen atoms in total. The highest BCUT2D eigenvalue weighted by Gasteiger charge is 2.30. The van der Waals surface area contributed by atoms with E-state index in [0.717, 1.165) is 19.6 Å². The van der Waals surface area contributed by atoms with Crippen molar-refractivity contribution in [3.05, 3.63) is 53.6 Å². The highest BCUT2D eigenvalue weighted by molar-refractivity contribution is 7.89. The van der Waals surface area contributed by atoms with Crippen molar-refractivity contribution in [3.63, 3.8) is 0 Å². The van der Waals surface area contributed by atoms with Gasteiger partial charge in [-0.2, -0.15) is 4.31 Å². The number of fused-ring (bicyclic) bond motifs is 1. The van der Waals surface area contributed by atoms with Gasteiger partial charge in [-0.1, -0.05) is 29.8 Å². The van der Waals surface area contributed by atoms with Crippen molar-refractivity contribution in [1.82, 2.24) is 9.21 Å². The number of benzene rings is 2. The third-order valence-corrected chi connectivity index (χ3v) is 6.73.